The van der Waals surface area contributed by atoms with Gasteiger partial charge in [0.15, 0.2) is 0 Å². The molecule has 0 amide bonds. The molecule has 0 atom stereocenters. The second-order valence-corrected chi connectivity index (χ2v) is 9.73. The van der Waals surface area contributed by atoms with Gasteiger partial charge in [0.2, 0.25) is 0 Å². The van der Waals surface area contributed by atoms with Gasteiger partial charge in [-0.3, -0.25) is 0 Å². The molecule has 0 saturated carbocycles. The highest BCUT2D eigenvalue weighted by molar-refractivity contribution is 5.67. The summed E-state index contributed by atoms with van der Waals surface area (Å²) in [6, 6.07) is 0. The Kier molecular flexibility index (Phi) is 7.20. The summed E-state index contributed by atoms with van der Waals surface area (Å²) in [7, 11) is 0. The fourth-order valence-electron chi connectivity index (χ4n) is 3.96. The normalized spacial score (nSPS) is 12.3. The highest BCUT2D eigenvalue weighted by atomic mass is 14.8. The van der Waals surface area contributed by atoms with E-state index in [0.29, 0.717) is 23.7 Å². The number of aromatic nitrogens is 2. The fraction of sp³-hybridized carbons (Fsp3) is 0.667. The van der Waals surface area contributed by atoms with Crippen LogP contribution in [0.1, 0.15) is 77.6 Å². The molecule has 0 unspecified atom stereocenters. The Morgan fingerprint density at radius 1 is 0.538 bits per heavy atom. The molecule has 0 aliphatic heterocycles. The number of H-pyrrole nitrogens is 2. The molecule has 0 saturated heterocycles. The molecule has 0 fully saturated rings. The van der Waals surface area contributed by atoms with E-state index in [0.717, 1.165) is 25.7 Å². The van der Waals surface area contributed by atoms with Crippen LogP contribution in [-0.4, -0.2) is 9.97 Å². The summed E-state index contributed by atoms with van der Waals surface area (Å²) in [6.07, 6.45) is 9.10. The van der Waals surface area contributed by atoms with Gasteiger partial charge in [-0.1, -0.05) is 55.4 Å². The molecule has 0 aromatic carbocycles. The van der Waals surface area contributed by atoms with Crippen LogP contribution < -0.4 is 0 Å². The first-order valence-corrected chi connectivity index (χ1v) is 10.6. The Hall–Kier alpha value is -1.44. The van der Waals surface area contributed by atoms with Crippen molar-refractivity contribution in [2.24, 2.45) is 23.7 Å². The third-order valence-corrected chi connectivity index (χ3v) is 4.89. The number of hydrogen-bond donors (Lipinski definition) is 2. The van der Waals surface area contributed by atoms with Gasteiger partial charge in [0.1, 0.15) is 0 Å². The fourth-order valence-corrected chi connectivity index (χ4v) is 3.96. The summed E-state index contributed by atoms with van der Waals surface area (Å²) in [4.78, 5) is 7.30. The van der Waals surface area contributed by atoms with Crippen LogP contribution in [0.25, 0.3) is 11.4 Å². The molecule has 2 aromatic rings. The molecule has 2 aromatic heterocycles. The van der Waals surface area contributed by atoms with E-state index in [-0.39, 0.29) is 0 Å². The molecule has 0 bridgehead atoms. The lowest BCUT2D eigenvalue weighted by Crippen LogP contribution is -2.04. The van der Waals surface area contributed by atoms with E-state index in [4.69, 9.17) is 0 Å². The molecule has 2 N–H and O–H groups in total. The number of aromatic amines is 2. The minimum absolute atomic E-state index is 0.661. The van der Waals surface area contributed by atoms with Gasteiger partial charge < -0.3 is 9.97 Å². The predicted octanol–water partition coefficient (Wildman–Crippen LogP) is 6.80. The van der Waals surface area contributed by atoms with Crippen LogP contribution in [-0.2, 0) is 25.7 Å². The zero-order chi connectivity index (χ0) is 19.4. The van der Waals surface area contributed by atoms with Gasteiger partial charge in [-0.05, 0) is 71.6 Å². The average molecular weight is 357 g/mol. The van der Waals surface area contributed by atoms with Crippen molar-refractivity contribution in [3.8, 4) is 11.4 Å². The Labute approximate surface area is 161 Å². The summed E-state index contributed by atoms with van der Waals surface area (Å²) in [6.45, 7) is 18.5. The standard InChI is InChI=1S/C24H40N2/c1-15(2)9-19-13-25-23(21(19)11-17(5)6)24-22(12-18(7)8)20(14-26-24)10-16(3)4/h13-18,25-26H,9-12H2,1-8H3. The van der Waals surface area contributed by atoms with Gasteiger partial charge in [-0.2, -0.15) is 0 Å². The molecular formula is C24H40N2. The lowest BCUT2D eigenvalue weighted by atomic mass is 9.90. The first-order chi connectivity index (χ1) is 12.2. The first kappa shape index (κ1) is 20.9. The molecule has 2 rings (SSSR count). The maximum Gasteiger partial charge on any atom is 0.0657 e. The van der Waals surface area contributed by atoms with Crippen molar-refractivity contribution >= 4 is 0 Å². The van der Waals surface area contributed by atoms with Crippen LogP contribution >= 0.6 is 0 Å². The number of hydrogen-bond acceptors (Lipinski definition) is 0. The second kappa shape index (κ2) is 8.97. The van der Waals surface area contributed by atoms with E-state index in [1.54, 1.807) is 0 Å². The molecule has 0 aliphatic carbocycles. The smallest absolute Gasteiger partial charge is 0.0657 e. The Balaban J connectivity index is 2.52. The van der Waals surface area contributed by atoms with Gasteiger partial charge in [0.05, 0.1) is 11.4 Å². The van der Waals surface area contributed by atoms with Crippen LogP contribution in [0.5, 0.6) is 0 Å². The van der Waals surface area contributed by atoms with E-state index in [9.17, 15) is 0 Å². The van der Waals surface area contributed by atoms with Crippen molar-refractivity contribution in [3.05, 3.63) is 34.6 Å². The molecule has 2 nitrogen and oxygen atoms in total. The average Bonchev–Trinajstić information content (AvgIpc) is 3.03. The van der Waals surface area contributed by atoms with Crippen LogP contribution in [0.3, 0.4) is 0 Å². The van der Waals surface area contributed by atoms with Gasteiger partial charge in [-0.25, -0.2) is 0 Å². The quantitative estimate of drug-likeness (QED) is 0.495. The lowest BCUT2D eigenvalue weighted by Gasteiger charge is -2.14. The highest BCUT2D eigenvalue weighted by Crippen LogP contribution is 2.34. The minimum Gasteiger partial charge on any atom is -0.359 e. The number of rotatable bonds is 9. The zero-order valence-electron chi connectivity index (χ0n) is 18.3. The van der Waals surface area contributed by atoms with Crippen molar-refractivity contribution in [1.29, 1.82) is 0 Å². The largest absolute Gasteiger partial charge is 0.359 e. The summed E-state index contributed by atoms with van der Waals surface area (Å²) in [5.74, 6) is 2.68. The van der Waals surface area contributed by atoms with Crippen LogP contribution in [0.2, 0.25) is 0 Å². The van der Waals surface area contributed by atoms with Gasteiger partial charge >= 0.3 is 0 Å². The van der Waals surface area contributed by atoms with Crippen LogP contribution in [0.15, 0.2) is 12.4 Å². The van der Waals surface area contributed by atoms with Crippen LogP contribution in [0, 0.1) is 23.7 Å². The summed E-state index contributed by atoms with van der Waals surface area (Å²) >= 11 is 0. The second-order valence-electron chi connectivity index (χ2n) is 9.73. The molecule has 26 heavy (non-hydrogen) atoms. The maximum absolute atomic E-state index is 3.65. The summed E-state index contributed by atoms with van der Waals surface area (Å²) < 4.78 is 0. The van der Waals surface area contributed by atoms with Crippen molar-refractivity contribution < 1.29 is 0 Å². The molecule has 2 heteroatoms. The van der Waals surface area contributed by atoms with Gasteiger partial charge in [0.25, 0.3) is 0 Å². The third kappa shape index (κ3) is 5.28. The van der Waals surface area contributed by atoms with Crippen molar-refractivity contribution in [2.75, 3.05) is 0 Å². The third-order valence-electron chi connectivity index (χ3n) is 4.89. The highest BCUT2D eigenvalue weighted by Gasteiger charge is 2.21. The Morgan fingerprint density at radius 3 is 1.12 bits per heavy atom. The van der Waals surface area contributed by atoms with Gasteiger partial charge in [0, 0.05) is 12.4 Å². The monoisotopic (exact) mass is 356 g/mol. The van der Waals surface area contributed by atoms with E-state index in [2.05, 4.69) is 77.8 Å². The maximum atomic E-state index is 3.65. The Morgan fingerprint density at radius 2 is 0.846 bits per heavy atom. The topological polar surface area (TPSA) is 31.6 Å². The summed E-state index contributed by atoms with van der Waals surface area (Å²) in [5, 5.41) is 0. The SMILES string of the molecule is CC(C)Cc1c[nH]c(-c2[nH]cc(CC(C)C)c2CC(C)C)c1CC(C)C. The van der Waals surface area contributed by atoms with Gasteiger partial charge in [-0.15, -0.1) is 0 Å². The lowest BCUT2D eigenvalue weighted by molar-refractivity contribution is 0.616. The zero-order valence-corrected chi connectivity index (χ0v) is 18.3. The summed E-state index contributed by atoms with van der Waals surface area (Å²) in [5.41, 5.74) is 8.71. The van der Waals surface area contributed by atoms with Crippen LogP contribution in [0.4, 0.5) is 0 Å². The van der Waals surface area contributed by atoms with E-state index < -0.39 is 0 Å². The molecule has 0 radical (unpaired) electrons. The molecular weight excluding hydrogens is 316 g/mol. The predicted molar refractivity (Wildman–Crippen MR) is 115 cm³/mol. The van der Waals surface area contributed by atoms with E-state index in [1.807, 2.05) is 0 Å². The van der Waals surface area contributed by atoms with E-state index in [1.165, 1.54) is 33.6 Å². The molecule has 2 heterocycles. The van der Waals surface area contributed by atoms with E-state index >= 15 is 0 Å². The molecule has 146 valence electrons. The molecule has 0 aliphatic rings. The minimum atomic E-state index is 0.661. The number of nitrogens with one attached hydrogen (secondary N) is 2. The Bertz CT molecular complexity index is 623. The van der Waals surface area contributed by atoms with Crippen molar-refractivity contribution in [1.82, 2.24) is 9.97 Å². The first-order valence-electron chi connectivity index (χ1n) is 10.6. The van der Waals surface area contributed by atoms with Crippen molar-refractivity contribution in [2.45, 2.75) is 81.1 Å². The molecule has 0 spiro atoms. The van der Waals surface area contributed by atoms with Crippen molar-refractivity contribution in [3.63, 3.8) is 0 Å².